The molecule has 0 saturated carbocycles. The summed E-state index contributed by atoms with van der Waals surface area (Å²) in [6.07, 6.45) is 0. The van der Waals surface area contributed by atoms with Gasteiger partial charge in [0, 0.05) is 18.3 Å². The second-order valence-corrected chi connectivity index (χ2v) is 6.23. The van der Waals surface area contributed by atoms with Crippen LogP contribution >= 0.6 is 0 Å². The fourth-order valence-electron chi connectivity index (χ4n) is 2.56. The molecule has 2 aromatic carbocycles. The summed E-state index contributed by atoms with van der Waals surface area (Å²) in [7, 11) is 0. The van der Waals surface area contributed by atoms with Gasteiger partial charge in [0.05, 0.1) is 0 Å². The number of hydrogen-bond acceptors (Lipinski definition) is 2. The van der Waals surface area contributed by atoms with E-state index in [4.69, 9.17) is 0 Å². The van der Waals surface area contributed by atoms with Crippen molar-refractivity contribution in [2.24, 2.45) is 0 Å². The van der Waals surface area contributed by atoms with Crippen LogP contribution in [0.2, 0.25) is 0 Å². The summed E-state index contributed by atoms with van der Waals surface area (Å²) in [6, 6.07) is 15.3. The van der Waals surface area contributed by atoms with Crippen LogP contribution < -0.4 is 10.2 Å². The van der Waals surface area contributed by atoms with Crippen LogP contribution in [-0.4, -0.2) is 18.4 Å². The van der Waals surface area contributed by atoms with E-state index in [0.29, 0.717) is 5.92 Å². The number of anilines is 2. The molecule has 0 radical (unpaired) electrons. The number of rotatable bonds is 5. The highest BCUT2D eigenvalue weighted by atomic mass is 16.2. The zero-order valence-electron chi connectivity index (χ0n) is 14.7. The molecule has 0 saturated heterocycles. The molecule has 0 aliphatic rings. The lowest BCUT2D eigenvalue weighted by Gasteiger charge is -2.21. The van der Waals surface area contributed by atoms with Crippen LogP contribution in [0.4, 0.5) is 11.4 Å². The summed E-state index contributed by atoms with van der Waals surface area (Å²) >= 11 is 0. The van der Waals surface area contributed by atoms with Crippen molar-refractivity contribution in [2.75, 3.05) is 16.8 Å². The van der Waals surface area contributed by atoms with Crippen molar-refractivity contribution in [2.45, 2.75) is 33.6 Å². The Morgan fingerprint density at radius 3 is 2.25 bits per heavy atom. The summed E-state index contributed by atoms with van der Waals surface area (Å²) in [4.78, 5) is 25.9. The van der Waals surface area contributed by atoms with E-state index >= 15 is 0 Å². The van der Waals surface area contributed by atoms with Gasteiger partial charge >= 0.3 is 0 Å². The first kappa shape index (κ1) is 17.7. The number of nitrogens with one attached hydrogen (secondary N) is 1. The largest absolute Gasteiger partial charge is 0.324 e. The minimum absolute atomic E-state index is 0.00910. The third kappa shape index (κ3) is 4.44. The first-order valence-corrected chi connectivity index (χ1v) is 8.12. The number of aryl methyl sites for hydroxylation is 1. The van der Waals surface area contributed by atoms with Crippen molar-refractivity contribution in [3.05, 3.63) is 59.7 Å². The van der Waals surface area contributed by atoms with Crippen LogP contribution in [0.1, 0.15) is 37.8 Å². The lowest BCUT2D eigenvalue weighted by molar-refractivity contribution is -0.120. The van der Waals surface area contributed by atoms with E-state index in [-0.39, 0.29) is 18.4 Å². The summed E-state index contributed by atoms with van der Waals surface area (Å²) in [6.45, 7) is 7.61. The van der Waals surface area contributed by atoms with Gasteiger partial charge in [-0.1, -0.05) is 49.7 Å². The highest BCUT2D eigenvalue weighted by molar-refractivity contribution is 6.02. The molecule has 2 rings (SSSR count). The van der Waals surface area contributed by atoms with Gasteiger partial charge in [-0.3, -0.25) is 9.59 Å². The Morgan fingerprint density at radius 2 is 1.67 bits per heavy atom. The summed E-state index contributed by atoms with van der Waals surface area (Å²) < 4.78 is 0. The molecule has 0 heterocycles. The van der Waals surface area contributed by atoms with Crippen LogP contribution in [0, 0.1) is 6.92 Å². The number of carbonyl (C=O) groups is 2. The zero-order chi connectivity index (χ0) is 17.7. The van der Waals surface area contributed by atoms with Crippen LogP contribution in [0.25, 0.3) is 0 Å². The van der Waals surface area contributed by atoms with Crippen LogP contribution in [0.5, 0.6) is 0 Å². The summed E-state index contributed by atoms with van der Waals surface area (Å²) in [5.74, 6) is -0.0625. The quantitative estimate of drug-likeness (QED) is 0.900. The molecule has 24 heavy (non-hydrogen) atoms. The minimum Gasteiger partial charge on any atom is -0.324 e. The lowest BCUT2D eigenvalue weighted by Crippen LogP contribution is -2.36. The van der Waals surface area contributed by atoms with Crippen LogP contribution in [0.15, 0.2) is 48.5 Å². The van der Waals surface area contributed by atoms with Crippen molar-refractivity contribution in [3.8, 4) is 0 Å². The molecule has 126 valence electrons. The maximum absolute atomic E-state index is 12.4. The molecule has 0 fully saturated rings. The first-order chi connectivity index (χ1) is 11.4. The summed E-state index contributed by atoms with van der Waals surface area (Å²) in [5.41, 5.74) is 3.71. The Kier molecular flexibility index (Phi) is 5.74. The SMILES string of the molecule is CC(=O)N(CC(=O)Nc1ccccc1C(C)C)c1ccc(C)cc1. The van der Waals surface area contributed by atoms with Gasteiger partial charge in [0.1, 0.15) is 6.54 Å². The molecule has 0 bridgehead atoms. The molecule has 0 aliphatic heterocycles. The number of carbonyl (C=O) groups excluding carboxylic acids is 2. The zero-order valence-corrected chi connectivity index (χ0v) is 14.7. The predicted octanol–water partition coefficient (Wildman–Crippen LogP) is 4.11. The molecule has 4 nitrogen and oxygen atoms in total. The molecular weight excluding hydrogens is 300 g/mol. The van der Waals surface area contributed by atoms with Crippen molar-refractivity contribution in [1.82, 2.24) is 0 Å². The molecule has 0 aromatic heterocycles. The molecule has 1 N–H and O–H groups in total. The normalized spacial score (nSPS) is 10.5. The predicted molar refractivity (Wildman–Crippen MR) is 98.4 cm³/mol. The number of amides is 2. The lowest BCUT2D eigenvalue weighted by atomic mass is 10.0. The maximum Gasteiger partial charge on any atom is 0.244 e. The Balaban J connectivity index is 2.15. The third-order valence-corrected chi connectivity index (χ3v) is 3.88. The highest BCUT2D eigenvalue weighted by Gasteiger charge is 2.17. The highest BCUT2D eigenvalue weighted by Crippen LogP contribution is 2.24. The van der Waals surface area contributed by atoms with Gasteiger partial charge in [0.15, 0.2) is 0 Å². The second kappa shape index (κ2) is 7.77. The molecule has 0 aliphatic carbocycles. The van der Waals surface area contributed by atoms with Crippen molar-refractivity contribution < 1.29 is 9.59 Å². The van der Waals surface area contributed by atoms with E-state index in [1.54, 1.807) is 0 Å². The van der Waals surface area contributed by atoms with E-state index in [9.17, 15) is 9.59 Å². The fraction of sp³-hybridized carbons (Fsp3) is 0.300. The molecule has 0 spiro atoms. The molecule has 0 unspecified atom stereocenters. The number of hydrogen-bond donors (Lipinski definition) is 1. The van der Waals surface area contributed by atoms with Gasteiger partial charge in [-0.05, 0) is 36.6 Å². The fourth-order valence-corrected chi connectivity index (χ4v) is 2.56. The van der Waals surface area contributed by atoms with Gasteiger partial charge in [0.25, 0.3) is 0 Å². The van der Waals surface area contributed by atoms with Crippen molar-refractivity contribution in [3.63, 3.8) is 0 Å². The second-order valence-electron chi connectivity index (χ2n) is 6.23. The van der Waals surface area contributed by atoms with Gasteiger partial charge in [-0.25, -0.2) is 0 Å². The van der Waals surface area contributed by atoms with Gasteiger partial charge in [0.2, 0.25) is 11.8 Å². The smallest absolute Gasteiger partial charge is 0.244 e. The maximum atomic E-state index is 12.4. The van der Waals surface area contributed by atoms with Gasteiger partial charge in [-0.15, -0.1) is 0 Å². The minimum atomic E-state index is -0.209. The number of nitrogens with zero attached hydrogens (tertiary/aromatic N) is 1. The van der Waals surface area contributed by atoms with Crippen molar-refractivity contribution in [1.29, 1.82) is 0 Å². The molecule has 4 heteroatoms. The standard InChI is InChI=1S/C20H24N2O2/c1-14(2)18-7-5-6-8-19(18)21-20(24)13-22(16(4)23)17-11-9-15(3)10-12-17/h5-12,14H,13H2,1-4H3,(H,21,24). The average Bonchev–Trinajstić information content (AvgIpc) is 2.53. The van der Waals surface area contributed by atoms with Gasteiger partial charge in [-0.2, -0.15) is 0 Å². The van der Waals surface area contributed by atoms with Crippen LogP contribution in [0.3, 0.4) is 0 Å². The molecule has 0 atom stereocenters. The third-order valence-electron chi connectivity index (χ3n) is 3.88. The molecule has 2 aromatic rings. The average molecular weight is 324 g/mol. The topological polar surface area (TPSA) is 49.4 Å². The van der Waals surface area contributed by atoms with E-state index in [1.807, 2.05) is 55.5 Å². The Labute approximate surface area is 143 Å². The van der Waals surface area contributed by atoms with E-state index < -0.39 is 0 Å². The Morgan fingerprint density at radius 1 is 1.04 bits per heavy atom. The van der Waals surface area contributed by atoms with E-state index in [0.717, 1.165) is 22.5 Å². The molecular formula is C20H24N2O2. The number of para-hydroxylation sites is 1. The van der Waals surface area contributed by atoms with Gasteiger partial charge < -0.3 is 10.2 Å². The van der Waals surface area contributed by atoms with Crippen molar-refractivity contribution >= 4 is 23.2 Å². The summed E-state index contributed by atoms with van der Waals surface area (Å²) in [5, 5.41) is 2.93. The molecule has 2 amide bonds. The first-order valence-electron chi connectivity index (χ1n) is 8.12. The monoisotopic (exact) mass is 324 g/mol. The van der Waals surface area contributed by atoms with E-state index in [2.05, 4.69) is 19.2 Å². The Bertz CT molecular complexity index is 721. The number of benzene rings is 2. The van der Waals surface area contributed by atoms with Crippen LogP contribution in [-0.2, 0) is 9.59 Å². The van der Waals surface area contributed by atoms with E-state index in [1.165, 1.54) is 11.8 Å². The Hall–Kier alpha value is -2.62.